The zero-order chi connectivity index (χ0) is 13.5. The number of hydrogen-bond acceptors (Lipinski definition) is 3. The van der Waals surface area contributed by atoms with Crippen molar-refractivity contribution in [2.75, 3.05) is 7.05 Å². The second-order valence-corrected chi connectivity index (χ2v) is 3.82. The molecule has 0 bridgehead atoms. The van der Waals surface area contributed by atoms with E-state index >= 15 is 0 Å². The lowest BCUT2D eigenvalue weighted by atomic mass is 10.3. The van der Waals surface area contributed by atoms with Crippen molar-refractivity contribution in [1.29, 1.82) is 0 Å². The molecule has 1 aromatic carbocycles. The highest BCUT2D eigenvalue weighted by molar-refractivity contribution is 7.80. The van der Waals surface area contributed by atoms with Crippen molar-refractivity contribution < 1.29 is 13.9 Å². The highest BCUT2D eigenvalue weighted by Gasteiger charge is 2.14. The molecule has 0 aliphatic heterocycles. The summed E-state index contributed by atoms with van der Waals surface area (Å²) in [5, 5.41) is 2.93. The Kier molecular flexibility index (Phi) is 5.31. The van der Waals surface area contributed by atoms with Crippen LogP contribution in [0.1, 0.15) is 6.92 Å². The maximum atomic E-state index is 12.7. The number of rotatable bonds is 3. The van der Waals surface area contributed by atoms with Crippen molar-refractivity contribution in [2.45, 2.75) is 13.0 Å². The van der Waals surface area contributed by atoms with Crippen LogP contribution < -0.4 is 20.9 Å². The second-order valence-electron chi connectivity index (χ2n) is 3.41. The highest BCUT2D eigenvalue weighted by Crippen LogP contribution is 2.12. The van der Waals surface area contributed by atoms with Gasteiger partial charge in [0.05, 0.1) is 0 Å². The Balaban J connectivity index is 2.44. The van der Waals surface area contributed by atoms with Crippen LogP contribution in [-0.2, 0) is 4.79 Å². The third kappa shape index (κ3) is 4.54. The number of nitrogens with one attached hydrogen (secondary N) is 3. The number of halogens is 1. The van der Waals surface area contributed by atoms with Crippen LogP contribution in [0.5, 0.6) is 5.75 Å². The molecule has 7 heteroatoms. The van der Waals surface area contributed by atoms with Gasteiger partial charge in [-0.2, -0.15) is 0 Å². The van der Waals surface area contributed by atoms with Crippen molar-refractivity contribution in [3.8, 4) is 5.75 Å². The van der Waals surface area contributed by atoms with Gasteiger partial charge in [0.2, 0.25) is 0 Å². The first-order chi connectivity index (χ1) is 8.52. The lowest BCUT2D eigenvalue weighted by Crippen LogP contribution is -2.49. The van der Waals surface area contributed by atoms with E-state index in [1.807, 2.05) is 0 Å². The summed E-state index contributed by atoms with van der Waals surface area (Å²) in [7, 11) is 1.62. The number of benzene rings is 1. The molecule has 0 fully saturated rings. The summed E-state index contributed by atoms with van der Waals surface area (Å²) >= 11 is 4.78. The molecular weight excluding hydrogens is 257 g/mol. The molecule has 0 aliphatic rings. The van der Waals surface area contributed by atoms with E-state index in [4.69, 9.17) is 17.0 Å². The monoisotopic (exact) mass is 271 g/mol. The fourth-order valence-electron chi connectivity index (χ4n) is 1.05. The van der Waals surface area contributed by atoms with Crippen LogP contribution in [0.25, 0.3) is 0 Å². The molecule has 0 spiro atoms. The minimum atomic E-state index is -0.734. The van der Waals surface area contributed by atoms with Crippen LogP contribution in [0, 0.1) is 5.82 Å². The number of amides is 1. The molecule has 0 saturated heterocycles. The molecule has 18 heavy (non-hydrogen) atoms. The van der Waals surface area contributed by atoms with E-state index in [0.717, 1.165) is 0 Å². The Bertz CT molecular complexity index is 425. The zero-order valence-electron chi connectivity index (χ0n) is 9.99. The van der Waals surface area contributed by atoms with E-state index in [1.165, 1.54) is 24.3 Å². The lowest BCUT2D eigenvalue weighted by Gasteiger charge is -2.15. The van der Waals surface area contributed by atoms with E-state index in [0.29, 0.717) is 5.75 Å². The number of carbonyl (C=O) groups excluding carboxylic acids is 1. The molecule has 0 aromatic heterocycles. The van der Waals surface area contributed by atoms with Gasteiger partial charge in [-0.1, -0.05) is 0 Å². The summed E-state index contributed by atoms with van der Waals surface area (Å²) in [4.78, 5) is 11.6. The molecule has 1 atom stereocenters. The third-order valence-electron chi connectivity index (χ3n) is 2.02. The minimum absolute atomic E-state index is 0.289. The second kappa shape index (κ2) is 6.75. The van der Waals surface area contributed by atoms with Crippen molar-refractivity contribution in [1.82, 2.24) is 16.2 Å². The number of thiocarbonyl (C=S) groups is 1. The van der Waals surface area contributed by atoms with Crippen molar-refractivity contribution in [3.63, 3.8) is 0 Å². The summed E-state index contributed by atoms with van der Waals surface area (Å²) in [6, 6.07) is 5.41. The van der Waals surface area contributed by atoms with Crippen LogP contribution in [0.15, 0.2) is 24.3 Å². The Morgan fingerprint density at radius 3 is 2.50 bits per heavy atom. The number of ether oxygens (including phenoxy) is 1. The van der Waals surface area contributed by atoms with Crippen LogP contribution in [0.4, 0.5) is 4.39 Å². The maximum absolute atomic E-state index is 12.7. The van der Waals surface area contributed by atoms with Crippen molar-refractivity contribution in [2.24, 2.45) is 0 Å². The summed E-state index contributed by atoms with van der Waals surface area (Å²) < 4.78 is 18.0. The minimum Gasteiger partial charge on any atom is -0.481 e. The molecule has 1 rings (SSSR count). The van der Waals surface area contributed by atoms with Gasteiger partial charge in [-0.3, -0.25) is 15.6 Å². The first-order valence-electron chi connectivity index (χ1n) is 5.22. The molecule has 3 N–H and O–H groups in total. The zero-order valence-corrected chi connectivity index (χ0v) is 10.8. The average molecular weight is 271 g/mol. The largest absolute Gasteiger partial charge is 0.481 e. The summed E-state index contributed by atoms with van der Waals surface area (Å²) in [6.07, 6.45) is -0.734. The standard InChI is InChI=1S/C11H14FN3O2S/c1-7(10(16)14-15-11(18)13-2)17-9-5-3-8(12)4-6-9/h3-7H,1-2H3,(H,14,16)(H2,13,15,18)/t7-/m1/s1. The molecule has 0 heterocycles. The Labute approximate surface area is 110 Å². The van der Waals surface area contributed by atoms with Gasteiger partial charge < -0.3 is 10.1 Å². The SMILES string of the molecule is CNC(=S)NNC(=O)[C@@H](C)Oc1ccc(F)cc1. The summed E-state index contributed by atoms with van der Waals surface area (Å²) in [5.74, 6) is -0.340. The quantitative estimate of drug-likeness (QED) is 0.558. The van der Waals surface area contributed by atoms with Crippen LogP contribution in [0.3, 0.4) is 0 Å². The maximum Gasteiger partial charge on any atom is 0.279 e. The molecule has 0 saturated carbocycles. The number of hydrogen-bond donors (Lipinski definition) is 3. The highest BCUT2D eigenvalue weighted by atomic mass is 32.1. The molecule has 0 unspecified atom stereocenters. The van der Waals surface area contributed by atoms with Gasteiger partial charge in [0, 0.05) is 7.05 Å². The van der Waals surface area contributed by atoms with Crippen molar-refractivity contribution in [3.05, 3.63) is 30.1 Å². The van der Waals surface area contributed by atoms with E-state index in [1.54, 1.807) is 14.0 Å². The van der Waals surface area contributed by atoms with Gasteiger partial charge in [-0.05, 0) is 43.4 Å². The van der Waals surface area contributed by atoms with E-state index < -0.39 is 12.0 Å². The Morgan fingerprint density at radius 2 is 1.94 bits per heavy atom. The molecule has 0 aliphatic carbocycles. The van der Waals surface area contributed by atoms with Crippen LogP contribution >= 0.6 is 12.2 Å². The van der Waals surface area contributed by atoms with E-state index in [2.05, 4.69) is 16.2 Å². The average Bonchev–Trinajstić information content (AvgIpc) is 2.38. The lowest BCUT2D eigenvalue weighted by molar-refractivity contribution is -0.127. The first-order valence-corrected chi connectivity index (χ1v) is 5.63. The Morgan fingerprint density at radius 1 is 1.33 bits per heavy atom. The molecule has 98 valence electrons. The molecular formula is C11H14FN3O2S. The van der Waals surface area contributed by atoms with Crippen molar-refractivity contribution >= 4 is 23.2 Å². The predicted molar refractivity (Wildman–Crippen MR) is 69.4 cm³/mol. The topological polar surface area (TPSA) is 62.4 Å². The molecule has 0 radical (unpaired) electrons. The predicted octanol–water partition coefficient (Wildman–Crippen LogP) is 0.718. The number of hydrazine groups is 1. The molecule has 1 aromatic rings. The van der Waals surface area contributed by atoms with Crippen LogP contribution in [-0.4, -0.2) is 24.2 Å². The van der Waals surface area contributed by atoms with Gasteiger partial charge in [0.25, 0.3) is 5.91 Å². The fourth-order valence-corrected chi connectivity index (χ4v) is 1.10. The smallest absolute Gasteiger partial charge is 0.279 e. The van der Waals surface area contributed by atoms with Gasteiger partial charge in [-0.25, -0.2) is 4.39 Å². The van der Waals surface area contributed by atoms with Gasteiger partial charge >= 0.3 is 0 Å². The molecule has 1 amide bonds. The van der Waals surface area contributed by atoms with E-state index in [-0.39, 0.29) is 10.9 Å². The number of carbonyl (C=O) groups is 1. The third-order valence-corrected chi connectivity index (χ3v) is 2.33. The summed E-state index contributed by atoms with van der Waals surface area (Å²) in [5.41, 5.74) is 4.86. The Hall–Kier alpha value is -1.89. The summed E-state index contributed by atoms with van der Waals surface area (Å²) in [6.45, 7) is 1.57. The molecule has 5 nitrogen and oxygen atoms in total. The van der Waals surface area contributed by atoms with Gasteiger partial charge in [0.15, 0.2) is 11.2 Å². The first kappa shape index (κ1) is 14.2. The van der Waals surface area contributed by atoms with E-state index in [9.17, 15) is 9.18 Å². The fraction of sp³-hybridized carbons (Fsp3) is 0.273. The van der Waals surface area contributed by atoms with Gasteiger partial charge in [-0.15, -0.1) is 0 Å². The van der Waals surface area contributed by atoms with Gasteiger partial charge in [0.1, 0.15) is 11.6 Å². The normalized spacial score (nSPS) is 11.3. The van der Waals surface area contributed by atoms with Crippen LogP contribution in [0.2, 0.25) is 0 Å².